The van der Waals surface area contributed by atoms with Crippen LogP contribution in [0.4, 0.5) is 49.6 Å². The van der Waals surface area contributed by atoms with Crippen LogP contribution in [0.25, 0.3) is 0 Å². The Kier molecular flexibility index (Phi) is 8.88. The molecule has 1 atom stereocenters. The molecule has 0 bridgehead atoms. The van der Waals surface area contributed by atoms with Crippen LogP contribution in [0.2, 0.25) is 0 Å². The molecule has 1 unspecified atom stereocenters. The maximum Gasteiger partial charge on any atom is 0.458 e. The largest absolute Gasteiger partial charge is 0.458 e. The number of alkyl halides is 10. The third-order valence-corrected chi connectivity index (χ3v) is 5.24. The molecule has 4 nitrogen and oxygen atoms in total. The highest BCUT2D eigenvalue weighted by atomic mass is 19.4. The summed E-state index contributed by atoms with van der Waals surface area (Å²) in [7, 11) is 0. The molecule has 3 rings (SSSR count). The molecule has 0 spiro atoms. The zero-order chi connectivity index (χ0) is 29.0. The molecule has 1 N–H and O–H groups in total. The Morgan fingerprint density at radius 3 is 1.95 bits per heavy atom. The van der Waals surface area contributed by atoms with E-state index in [1.54, 1.807) is 0 Å². The molecule has 0 fully saturated rings. The van der Waals surface area contributed by atoms with Gasteiger partial charge in [-0.1, -0.05) is 30.3 Å². The van der Waals surface area contributed by atoms with Crippen LogP contribution >= 0.6 is 0 Å². The third-order valence-electron chi connectivity index (χ3n) is 5.24. The zero-order valence-electron chi connectivity index (χ0n) is 19.5. The molecule has 3 aromatic rings. The SMILES string of the molecule is OC(CN(Cc1cccc(C(F)(F)C(F)(F)F)c1)c1cccc(Oc2cccc(OC(F)F)c2)c1)C(F)(F)F. The van der Waals surface area contributed by atoms with Gasteiger partial charge in [-0.3, -0.25) is 0 Å². The number of hydrogen-bond acceptors (Lipinski definition) is 4. The lowest BCUT2D eigenvalue weighted by Gasteiger charge is -2.29. The van der Waals surface area contributed by atoms with Crippen molar-refractivity contribution in [3.8, 4) is 17.2 Å². The Morgan fingerprint density at radius 2 is 1.33 bits per heavy atom. The van der Waals surface area contributed by atoms with Crippen molar-refractivity contribution in [1.82, 2.24) is 0 Å². The molecule has 0 aromatic heterocycles. The van der Waals surface area contributed by atoms with Crippen LogP contribution in [0.1, 0.15) is 11.1 Å². The second-order valence-electron chi connectivity index (χ2n) is 8.16. The predicted octanol–water partition coefficient (Wildman–Crippen LogP) is 7.66. The zero-order valence-corrected chi connectivity index (χ0v) is 19.5. The first kappa shape index (κ1) is 29.9. The molecule has 0 aliphatic carbocycles. The first-order chi connectivity index (χ1) is 18.1. The summed E-state index contributed by atoms with van der Waals surface area (Å²) in [6, 6.07) is 13.4. The number of nitrogens with zero attached hydrogens (tertiary/aromatic N) is 1. The number of ether oxygens (including phenoxy) is 2. The second kappa shape index (κ2) is 11.6. The molecule has 14 heteroatoms. The summed E-state index contributed by atoms with van der Waals surface area (Å²) < 4.78 is 140. The molecular weight excluding hydrogens is 552 g/mol. The maximum atomic E-state index is 13.8. The van der Waals surface area contributed by atoms with E-state index >= 15 is 0 Å². The second-order valence-corrected chi connectivity index (χ2v) is 8.16. The fraction of sp³-hybridized carbons (Fsp3) is 0.280. The monoisotopic (exact) mass is 571 g/mol. The van der Waals surface area contributed by atoms with E-state index in [4.69, 9.17) is 4.74 Å². The van der Waals surface area contributed by atoms with E-state index in [0.717, 1.165) is 23.1 Å². The Labute approximate surface area is 215 Å². The van der Waals surface area contributed by atoms with E-state index < -0.39 is 49.6 Å². The van der Waals surface area contributed by atoms with Crippen molar-refractivity contribution in [2.75, 3.05) is 11.4 Å². The van der Waals surface area contributed by atoms with Gasteiger partial charge in [0.05, 0.1) is 6.54 Å². The van der Waals surface area contributed by atoms with Crippen LogP contribution in [0, 0.1) is 0 Å². The van der Waals surface area contributed by atoms with E-state index in [0.29, 0.717) is 12.1 Å². The van der Waals surface area contributed by atoms with Gasteiger partial charge in [0.1, 0.15) is 17.2 Å². The number of benzene rings is 3. The van der Waals surface area contributed by atoms with Gasteiger partial charge in [-0.2, -0.15) is 43.9 Å². The fourth-order valence-corrected chi connectivity index (χ4v) is 3.42. The van der Waals surface area contributed by atoms with Crippen LogP contribution in [-0.2, 0) is 12.5 Å². The summed E-state index contributed by atoms with van der Waals surface area (Å²) in [4.78, 5) is 0.909. The molecule has 0 saturated carbocycles. The molecule has 0 heterocycles. The highest BCUT2D eigenvalue weighted by molar-refractivity contribution is 5.52. The summed E-state index contributed by atoms with van der Waals surface area (Å²) in [5, 5.41) is 9.65. The smallest absolute Gasteiger partial charge is 0.457 e. The van der Waals surface area contributed by atoms with Gasteiger partial charge in [-0.05, 0) is 35.9 Å². The van der Waals surface area contributed by atoms with E-state index in [9.17, 15) is 49.0 Å². The predicted molar refractivity (Wildman–Crippen MR) is 119 cm³/mol. The summed E-state index contributed by atoms with van der Waals surface area (Å²) >= 11 is 0. The van der Waals surface area contributed by atoms with Crippen LogP contribution < -0.4 is 14.4 Å². The van der Waals surface area contributed by atoms with Crippen molar-refractivity contribution in [3.05, 3.63) is 83.9 Å². The molecule has 0 saturated heterocycles. The van der Waals surface area contributed by atoms with Gasteiger partial charge >= 0.3 is 24.9 Å². The number of aliphatic hydroxyl groups excluding tert-OH is 1. The molecule has 212 valence electrons. The van der Waals surface area contributed by atoms with Crippen molar-refractivity contribution in [2.45, 2.75) is 37.5 Å². The van der Waals surface area contributed by atoms with E-state index in [-0.39, 0.29) is 28.5 Å². The summed E-state index contributed by atoms with van der Waals surface area (Å²) in [6.07, 6.45) is -13.9. The maximum absolute atomic E-state index is 13.8. The van der Waals surface area contributed by atoms with E-state index in [1.807, 2.05) is 0 Å². The van der Waals surface area contributed by atoms with Crippen molar-refractivity contribution in [1.29, 1.82) is 0 Å². The number of hydrogen-bond donors (Lipinski definition) is 1. The molecular formula is C25H19F10NO3. The van der Waals surface area contributed by atoms with Gasteiger partial charge in [0.25, 0.3) is 0 Å². The number of anilines is 1. The van der Waals surface area contributed by atoms with Gasteiger partial charge < -0.3 is 19.5 Å². The van der Waals surface area contributed by atoms with Gasteiger partial charge in [0.2, 0.25) is 0 Å². The normalized spacial score (nSPS) is 13.3. The molecule has 0 amide bonds. The van der Waals surface area contributed by atoms with Crippen LogP contribution in [0.15, 0.2) is 72.8 Å². The molecule has 3 aromatic carbocycles. The highest BCUT2D eigenvalue weighted by Crippen LogP contribution is 2.44. The minimum atomic E-state index is -5.90. The first-order valence-corrected chi connectivity index (χ1v) is 10.9. The molecule has 0 aliphatic heterocycles. The quantitative estimate of drug-likeness (QED) is 0.254. The van der Waals surface area contributed by atoms with Crippen LogP contribution in [-0.4, -0.2) is 36.7 Å². The summed E-state index contributed by atoms with van der Waals surface area (Å²) in [5.74, 6) is -5.42. The van der Waals surface area contributed by atoms with Gasteiger partial charge in [-0.25, -0.2) is 0 Å². The van der Waals surface area contributed by atoms with Gasteiger partial charge in [0.15, 0.2) is 6.10 Å². The van der Waals surface area contributed by atoms with Crippen LogP contribution in [0.3, 0.4) is 0 Å². The lowest BCUT2D eigenvalue weighted by Crippen LogP contribution is -2.41. The summed E-state index contributed by atoms with van der Waals surface area (Å²) in [5.41, 5.74) is -1.63. The lowest BCUT2D eigenvalue weighted by atomic mass is 10.0. The number of rotatable bonds is 10. The van der Waals surface area contributed by atoms with Crippen LogP contribution in [0.5, 0.6) is 17.2 Å². The lowest BCUT2D eigenvalue weighted by molar-refractivity contribution is -0.289. The highest BCUT2D eigenvalue weighted by Gasteiger charge is 2.58. The van der Waals surface area contributed by atoms with Crippen molar-refractivity contribution in [2.24, 2.45) is 0 Å². The standard InChI is InChI=1S/C25H19F10NO3/c26-22(27)39-20-9-3-8-19(12-20)38-18-7-2-6-17(11-18)36(14-21(37)24(30,31)32)13-15-4-1-5-16(10-15)23(28,29)25(33,34)35/h1-12,21-22,37H,13-14H2. The van der Waals surface area contributed by atoms with E-state index in [1.165, 1.54) is 42.5 Å². The molecule has 0 aliphatic rings. The van der Waals surface area contributed by atoms with Crippen molar-refractivity contribution in [3.63, 3.8) is 0 Å². The van der Waals surface area contributed by atoms with Gasteiger partial charge in [0, 0.05) is 29.9 Å². The summed E-state index contributed by atoms with van der Waals surface area (Å²) in [6.45, 7) is -4.81. The van der Waals surface area contributed by atoms with Gasteiger partial charge in [-0.15, -0.1) is 0 Å². The molecule has 39 heavy (non-hydrogen) atoms. The van der Waals surface area contributed by atoms with E-state index in [2.05, 4.69) is 4.74 Å². The minimum absolute atomic E-state index is 0.00514. The Bertz CT molecular complexity index is 1250. The Balaban J connectivity index is 1.92. The molecule has 0 radical (unpaired) electrons. The number of halogens is 10. The average molecular weight is 571 g/mol. The number of aliphatic hydroxyl groups is 1. The van der Waals surface area contributed by atoms with Crippen molar-refractivity contribution < 1.29 is 58.5 Å². The fourth-order valence-electron chi connectivity index (χ4n) is 3.42. The Hall–Kier alpha value is -3.68. The topological polar surface area (TPSA) is 41.9 Å². The van der Waals surface area contributed by atoms with Crippen molar-refractivity contribution >= 4 is 5.69 Å². The first-order valence-electron chi connectivity index (χ1n) is 10.9. The average Bonchev–Trinajstić information content (AvgIpc) is 2.82. The minimum Gasteiger partial charge on any atom is -0.457 e. The third kappa shape index (κ3) is 7.91. The Morgan fingerprint density at radius 1 is 0.744 bits per heavy atom.